The number of anilines is 1. The van der Waals surface area contributed by atoms with Crippen molar-refractivity contribution in [3.63, 3.8) is 0 Å². The lowest BCUT2D eigenvalue weighted by Crippen LogP contribution is -2.44. The van der Waals surface area contributed by atoms with Crippen molar-refractivity contribution in [3.05, 3.63) is 47.8 Å². The van der Waals surface area contributed by atoms with E-state index in [9.17, 15) is 14.4 Å². The number of rotatable bonds is 6. The van der Waals surface area contributed by atoms with Gasteiger partial charge in [-0.15, -0.1) is 0 Å². The second kappa shape index (κ2) is 7.22. The second-order valence-corrected chi connectivity index (χ2v) is 6.58. The topological polar surface area (TPSA) is 96.3 Å². The molecule has 8 nitrogen and oxygen atoms in total. The van der Waals surface area contributed by atoms with Crippen LogP contribution in [-0.4, -0.2) is 39.1 Å². The summed E-state index contributed by atoms with van der Waals surface area (Å²) in [5.74, 6) is -0.875. The maximum atomic E-state index is 13.0. The molecule has 0 bridgehead atoms. The largest absolute Gasteiger partial charge is 0.325 e. The van der Waals surface area contributed by atoms with Gasteiger partial charge in [0.2, 0.25) is 5.91 Å². The number of urea groups is 1. The number of aryl methyl sites for hydroxylation is 2. The molecule has 27 heavy (non-hydrogen) atoms. The van der Waals surface area contributed by atoms with E-state index in [4.69, 9.17) is 0 Å². The fraction of sp³-hybridized carbons (Fsp3) is 0.368. The summed E-state index contributed by atoms with van der Waals surface area (Å²) in [4.78, 5) is 38.7. The van der Waals surface area contributed by atoms with E-state index in [1.807, 2.05) is 26.0 Å². The van der Waals surface area contributed by atoms with Gasteiger partial charge in [0.1, 0.15) is 12.1 Å². The molecule has 0 radical (unpaired) electrons. The van der Waals surface area contributed by atoms with Crippen molar-refractivity contribution in [2.45, 2.75) is 32.2 Å². The Morgan fingerprint density at radius 1 is 1.22 bits per heavy atom. The number of carbonyl (C=O) groups excluding carboxylic acids is 3. The van der Waals surface area contributed by atoms with Crippen molar-refractivity contribution in [1.29, 1.82) is 0 Å². The fourth-order valence-electron chi connectivity index (χ4n) is 3.22. The van der Waals surface area contributed by atoms with Crippen LogP contribution >= 0.6 is 0 Å². The highest BCUT2D eigenvalue weighted by Crippen LogP contribution is 2.32. The Bertz CT molecular complexity index is 874. The Kier molecular flexibility index (Phi) is 4.98. The summed E-state index contributed by atoms with van der Waals surface area (Å²) in [6.07, 6.45) is 4.52. The van der Waals surface area contributed by atoms with Crippen LogP contribution < -0.4 is 10.6 Å². The number of hydrogen-bond acceptors (Lipinski definition) is 4. The molecule has 1 saturated heterocycles. The van der Waals surface area contributed by atoms with E-state index in [2.05, 4.69) is 15.7 Å². The van der Waals surface area contributed by atoms with Crippen molar-refractivity contribution in [2.24, 2.45) is 7.05 Å². The number of benzene rings is 1. The van der Waals surface area contributed by atoms with Crippen LogP contribution in [0.15, 0.2) is 36.7 Å². The van der Waals surface area contributed by atoms with Crippen LogP contribution in [-0.2, 0) is 28.6 Å². The molecular weight excluding hydrogens is 346 g/mol. The first kappa shape index (κ1) is 18.6. The zero-order chi connectivity index (χ0) is 19.6. The lowest BCUT2D eigenvalue weighted by Gasteiger charge is -2.23. The Hall–Kier alpha value is -3.16. The van der Waals surface area contributed by atoms with Crippen molar-refractivity contribution >= 4 is 23.5 Å². The number of aromatic nitrogens is 2. The van der Waals surface area contributed by atoms with E-state index >= 15 is 0 Å². The molecule has 1 fully saturated rings. The summed E-state index contributed by atoms with van der Waals surface area (Å²) >= 11 is 0. The van der Waals surface area contributed by atoms with Gasteiger partial charge in [0.25, 0.3) is 5.91 Å². The molecule has 4 amide bonds. The van der Waals surface area contributed by atoms with Gasteiger partial charge in [0.05, 0.1) is 6.20 Å². The highest BCUT2D eigenvalue weighted by Gasteiger charge is 2.52. The van der Waals surface area contributed by atoms with Crippen LogP contribution in [0.2, 0.25) is 0 Å². The number of nitrogens with one attached hydrogen (secondary N) is 2. The molecule has 1 aliphatic heterocycles. The van der Waals surface area contributed by atoms with Crippen molar-refractivity contribution in [3.8, 4) is 0 Å². The molecule has 2 N–H and O–H groups in total. The average molecular weight is 369 g/mol. The van der Waals surface area contributed by atoms with E-state index < -0.39 is 23.4 Å². The second-order valence-electron chi connectivity index (χ2n) is 6.58. The minimum absolute atomic E-state index is 0.345. The molecule has 1 aromatic heterocycles. The number of imide groups is 1. The molecule has 0 aliphatic carbocycles. The maximum absolute atomic E-state index is 13.0. The van der Waals surface area contributed by atoms with Gasteiger partial charge in [0, 0.05) is 24.5 Å². The number of carbonyl (C=O) groups is 3. The van der Waals surface area contributed by atoms with E-state index in [1.165, 1.54) is 0 Å². The minimum Gasteiger partial charge on any atom is -0.325 e. The van der Waals surface area contributed by atoms with E-state index in [0.29, 0.717) is 17.7 Å². The first-order valence-electron chi connectivity index (χ1n) is 8.91. The summed E-state index contributed by atoms with van der Waals surface area (Å²) in [5.41, 5.74) is 1.20. The molecular formula is C19H23N5O3. The third-order valence-corrected chi connectivity index (χ3v) is 4.85. The minimum atomic E-state index is -1.19. The Labute approximate surface area is 157 Å². The smallest absolute Gasteiger partial charge is 0.325 e. The van der Waals surface area contributed by atoms with Crippen LogP contribution in [0.4, 0.5) is 10.5 Å². The average Bonchev–Trinajstić information content (AvgIpc) is 3.19. The van der Waals surface area contributed by atoms with Crippen LogP contribution in [0.25, 0.3) is 0 Å². The van der Waals surface area contributed by atoms with Crippen molar-refractivity contribution < 1.29 is 14.4 Å². The third kappa shape index (κ3) is 3.42. The molecule has 1 aliphatic rings. The summed E-state index contributed by atoms with van der Waals surface area (Å²) in [6, 6.07) is 6.87. The fourth-order valence-corrected chi connectivity index (χ4v) is 3.22. The van der Waals surface area contributed by atoms with Gasteiger partial charge in [-0.05, 0) is 30.5 Å². The Morgan fingerprint density at radius 2 is 1.93 bits per heavy atom. The number of hydrogen-bond donors (Lipinski definition) is 2. The van der Waals surface area contributed by atoms with Crippen LogP contribution in [0.3, 0.4) is 0 Å². The van der Waals surface area contributed by atoms with Gasteiger partial charge in [0.15, 0.2) is 0 Å². The zero-order valence-corrected chi connectivity index (χ0v) is 15.7. The quantitative estimate of drug-likeness (QED) is 0.759. The standard InChI is InChI=1S/C19H23N5O3/c1-4-13-6-8-15(9-7-13)21-16(25)12-24-17(26)19(5-2,22-18(24)27)14-10-20-23(3)11-14/h6-11H,4-5,12H2,1-3H3,(H,21,25)(H,22,27)/t19-/m1/s1. The van der Waals surface area contributed by atoms with E-state index in [0.717, 1.165) is 16.9 Å². The summed E-state index contributed by atoms with van der Waals surface area (Å²) in [5, 5.41) is 9.54. The molecule has 8 heteroatoms. The molecule has 142 valence electrons. The third-order valence-electron chi connectivity index (χ3n) is 4.85. The SMILES string of the molecule is CCc1ccc(NC(=O)CN2C(=O)N[C@](CC)(c3cnn(C)c3)C2=O)cc1. The van der Waals surface area contributed by atoms with Crippen LogP contribution in [0.5, 0.6) is 0 Å². The van der Waals surface area contributed by atoms with Gasteiger partial charge < -0.3 is 10.6 Å². The number of nitrogens with zero attached hydrogens (tertiary/aromatic N) is 3. The predicted octanol–water partition coefficient (Wildman–Crippen LogP) is 1.78. The predicted molar refractivity (Wildman–Crippen MR) is 99.9 cm³/mol. The molecule has 1 aromatic carbocycles. The molecule has 2 heterocycles. The number of amides is 4. The van der Waals surface area contributed by atoms with Crippen LogP contribution in [0.1, 0.15) is 31.4 Å². The lowest BCUT2D eigenvalue weighted by atomic mass is 9.89. The van der Waals surface area contributed by atoms with Crippen molar-refractivity contribution in [2.75, 3.05) is 11.9 Å². The molecule has 3 rings (SSSR count). The normalized spacial score (nSPS) is 19.3. The first-order chi connectivity index (χ1) is 12.9. The Balaban J connectivity index is 1.73. The van der Waals surface area contributed by atoms with Gasteiger partial charge in [-0.25, -0.2) is 4.79 Å². The molecule has 0 unspecified atom stereocenters. The summed E-state index contributed by atoms with van der Waals surface area (Å²) in [7, 11) is 1.74. The first-order valence-corrected chi connectivity index (χ1v) is 8.91. The lowest BCUT2D eigenvalue weighted by molar-refractivity contribution is -0.134. The zero-order valence-electron chi connectivity index (χ0n) is 15.7. The summed E-state index contributed by atoms with van der Waals surface area (Å²) in [6.45, 7) is 3.51. The molecule has 2 aromatic rings. The highest BCUT2D eigenvalue weighted by atomic mass is 16.2. The summed E-state index contributed by atoms with van der Waals surface area (Å²) < 4.78 is 1.57. The maximum Gasteiger partial charge on any atom is 0.325 e. The van der Waals surface area contributed by atoms with E-state index in [-0.39, 0.29) is 6.54 Å². The Morgan fingerprint density at radius 3 is 2.48 bits per heavy atom. The van der Waals surface area contributed by atoms with Crippen molar-refractivity contribution in [1.82, 2.24) is 20.0 Å². The molecule has 0 saturated carbocycles. The monoisotopic (exact) mass is 369 g/mol. The van der Waals surface area contributed by atoms with Gasteiger partial charge in [-0.1, -0.05) is 26.0 Å². The van der Waals surface area contributed by atoms with E-state index in [1.54, 1.807) is 36.3 Å². The molecule has 0 spiro atoms. The van der Waals surface area contributed by atoms with Crippen LogP contribution in [0, 0.1) is 0 Å². The van der Waals surface area contributed by atoms with Gasteiger partial charge in [-0.3, -0.25) is 19.2 Å². The van der Waals surface area contributed by atoms with Gasteiger partial charge in [-0.2, -0.15) is 5.10 Å². The highest BCUT2D eigenvalue weighted by molar-refractivity contribution is 6.10. The molecule has 1 atom stereocenters. The van der Waals surface area contributed by atoms with Gasteiger partial charge >= 0.3 is 6.03 Å².